The second-order valence-electron chi connectivity index (χ2n) is 4.00. The molecule has 1 atom stereocenters. The highest BCUT2D eigenvalue weighted by atomic mass is 19.4. The first-order valence-corrected chi connectivity index (χ1v) is 5.47. The van der Waals surface area contributed by atoms with E-state index in [4.69, 9.17) is 5.73 Å². The lowest BCUT2D eigenvalue weighted by molar-refractivity contribution is -0.267. The molecule has 0 aliphatic carbocycles. The molecule has 0 heterocycles. The lowest BCUT2D eigenvalue weighted by atomic mass is 9.91. The molecule has 0 unspecified atom stereocenters. The number of benzene rings is 1. The first-order chi connectivity index (χ1) is 8.64. The van der Waals surface area contributed by atoms with Crippen LogP contribution in [0.1, 0.15) is 18.1 Å². The maximum absolute atomic E-state index is 13.0. The van der Waals surface area contributed by atoms with Crippen molar-refractivity contribution < 1.29 is 27.8 Å². The first kappa shape index (κ1) is 15.3. The van der Waals surface area contributed by atoms with E-state index in [0.717, 1.165) is 12.1 Å². The van der Waals surface area contributed by atoms with Gasteiger partial charge in [-0.3, -0.25) is 0 Å². The van der Waals surface area contributed by atoms with Gasteiger partial charge in [0.15, 0.2) is 0 Å². The molecule has 1 rings (SSSR count). The van der Waals surface area contributed by atoms with Gasteiger partial charge in [0.25, 0.3) is 5.60 Å². The molecule has 19 heavy (non-hydrogen) atoms. The molecule has 0 bridgehead atoms. The van der Waals surface area contributed by atoms with Crippen LogP contribution in [0, 0.1) is 6.92 Å². The van der Waals surface area contributed by atoms with E-state index in [-0.39, 0.29) is 12.3 Å². The molecule has 0 saturated heterocycles. The number of hydrogen-bond donors (Lipinski definition) is 2. The summed E-state index contributed by atoms with van der Waals surface area (Å²) in [6, 6.07) is 3.16. The van der Waals surface area contributed by atoms with Crippen molar-refractivity contribution >= 4 is 11.7 Å². The molecule has 4 nitrogen and oxygen atoms in total. The summed E-state index contributed by atoms with van der Waals surface area (Å²) in [5, 5.41) is 9.79. The van der Waals surface area contributed by atoms with Gasteiger partial charge in [0.05, 0.1) is 6.61 Å². The maximum atomic E-state index is 13.0. The van der Waals surface area contributed by atoms with Crippen LogP contribution in [0.5, 0.6) is 0 Å². The molecule has 0 amide bonds. The van der Waals surface area contributed by atoms with Gasteiger partial charge in [-0.25, -0.2) is 4.79 Å². The van der Waals surface area contributed by atoms with Crippen LogP contribution in [-0.4, -0.2) is 23.9 Å². The monoisotopic (exact) mass is 277 g/mol. The fraction of sp³-hybridized carbons (Fsp3) is 0.417. The number of carbonyl (C=O) groups is 1. The summed E-state index contributed by atoms with van der Waals surface area (Å²) in [6.07, 6.45) is -5.19. The molecule has 1 aromatic rings. The molecule has 0 saturated carbocycles. The quantitative estimate of drug-likeness (QED) is 0.653. The minimum absolute atomic E-state index is 0.261. The van der Waals surface area contributed by atoms with Crippen molar-refractivity contribution in [2.24, 2.45) is 0 Å². The molecule has 0 radical (unpaired) electrons. The number of ether oxygens (including phenoxy) is 1. The number of aryl methyl sites for hydroxylation is 1. The molecule has 106 valence electrons. The molecular weight excluding hydrogens is 263 g/mol. The van der Waals surface area contributed by atoms with Crippen molar-refractivity contribution in [2.75, 3.05) is 12.3 Å². The number of anilines is 1. The van der Waals surface area contributed by atoms with Crippen LogP contribution in [-0.2, 0) is 15.1 Å². The normalized spacial score (nSPS) is 14.8. The van der Waals surface area contributed by atoms with Crippen molar-refractivity contribution in [1.29, 1.82) is 0 Å². The summed E-state index contributed by atoms with van der Waals surface area (Å²) in [4.78, 5) is 11.5. The minimum Gasteiger partial charge on any atom is -0.463 e. The summed E-state index contributed by atoms with van der Waals surface area (Å²) < 4.78 is 43.4. The van der Waals surface area contributed by atoms with Gasteiger partial charge in [0, 0.05) is 11.3 Å². The zero-order valence-electron chi connectivity index (χ0n) is 10.4. The highest BCUT2D eigenvalue weighted by Gasteiger charge is 2.62. The van der Waals surface area contributed by atoms with Gasteiger partial charge in [0.2, 0.25) is 0 Å². The smallest absolute Gasteiger partial charge is 0.432 e. The topological polar surface area (TPSA) is 72.5 Å². The highest BCUT2D eigenvalue weighted by Crippen LogP contribution is 2.40. The summed E-state index contributed by atoms with van der Waals surface area (Å²) >= 11 is 0. The average Bonchev–Trinajstić information content (AvgIpc) is 2.30. The predicted octanol–water partition coefficient (Wildman–Crippen LogP) is 1.89. The van der Waals surface area contributed by atoms with Crippen LogP contribution in [0.2, 0.25) is 0 Å². The molecular formula is C12H14F3NO3. The summed E-state index contributed by atoms with van der Waals surface area (Å²) in [5.74, 6) is -1.76. The van der Waals surface area contributed by atoms with Gasteiger partial charge in [0.1, 0.15) is 0 Å². The van der Waals surface area contributed by atoms with E-state index in [0.29, 0.717) is 5.56 Å². The van der Waals surface area contributed by atoms with E-state index in [1.165, 1.54) is 19.9 Å². The molecule has 0 fully saturated rings. The van der Waals surface area contributed by atoms with Crippen molar-refractivity contribution in [1.82, 2.24) is 0 Å². The number of nitrogen functional groups attached to an aromatic ring is 1. The van der Waals surface area contributed by atoms with Gasteiger partial charge >= 0.3 is 12.1 Å². The van der Waals surface area contributed by atoms with E-state index < -0.39 is 23.3 Å². The number of aliphatic hydroxyl groups is 1. The Labute approximate surface area is 108 Å². The third-order valence-electron chi connectivity index (χ3n) is 2.67. The van der Waals surface area contributed by atoms with Crippen LogP contribution in [0.15, 0.2) is 18.2 Å². The van der Waals surface area contributed by atoms with E-state index in [2.05, 4.69) is 4.74 Å². The number of esters is 1. The zero-order chi connectivity index (χ0) is 14.8. The Morgan fingerprint density at radius 3 is 2.42 bits per heavy atom. The van der Waals surface area contributed by atoms with E-state index in [9.17, 15) is 23.1 Å². The molecule has 1 aromatic carbocycles. The predicted molar refractivity (Wildman–Crippen MR) is 62.2 cm³/mol. The number of rotatable bonds is 3. The molecule has 0 spiro atoms. The Balaban J connectivity index is 3.39. The van der Waals surface area contributed by atoms with Gasteiger partial charge in [-0.15, -0.1) is 0 Å². The third kappa shape index (κ3) is 2.65. The van der Waals surface area contributed by atoms with Gasteiger partial charge < -0.3 is 15.6 Å². The zero-order valence-corrected chi connectivity index (χ0v) is 10.4. The van der Waals surface area contributed by atoms with Crippen LogP contribution >= 0.6 is 0 Å². The van der Waals surface area contributed by atoms with Crippen molar-refractivity contribution in [3.63, 3.8) is 0 Å². The van der Waals surface area contributed by atoms with Gasteiger partial charge in [-0.2, -0.15) is 13.2 Å². The number of halogens is 3. The molecule has 3 N–H and O–H groups in total. The number of carbonyl (C=O) groups excluding carboxylic acids is 1. The minimum atomic E-state index is -5.19. The lowest BCUT2D eigenvalue weighted by Gasteiger charge is -2.28. The van der Waals surface area contributed by atoms with Crippen molar-refractivity contribution in [2.45, 2.75) is 25.6 Å². The fourth-order valence-corrected chi connectivity index (χ4v) is 1.53. The van der Waals surface area contributed by atoms with E-state index >= 15 is 0 Å². The highest BCUT2D eigenvalue weighted by molar-refractivity contribution is 5.82. The largest absolute Gasteiger partial charge is 0.463 e. The Morgan fingerprint density at radius 2 is 2.00 bits per heavy atom. The summed E-state index contributed by atoms with van der Waals surface area (Å²) in [7, 11) is 0. The second kappa shape index (κ2) is 5.08. The van der Waals surface area contributed by atoms with Crippen LogP contribution in [0.25, 0.3) is 0 Å². The molecule has 7 heteroatoms. The van der Waals surface area contributed by atoms with Crippen molar-refractivity contribution in [3.8, 4) is 0 Å². The van der Waals surface area contributed by atoms with Crippen LogP contribution in [0.3, 0.4) is 0 Å². The molecule has 0 aliphatic rings. The van der Waals surface area contributed by atoms with Gasteiger partial charge in [-0.1, -0.05) is 12.1 Å². The lowest BCUT2D eigenvalue weighted by Crippen LogP contribution is -2.50. The third-order valence-corrected chi connectivity index (χ3v) is 2.67. The van der Waals surface area contributed by atoms with Gasteiger partial charge in [-0.05, 0) is 25.5 Å². The Hall–Kier alpha value is -1.76. The van der Waals surface area contributed by atoms with Crippen LogP contribution < -0.4 is 5.73 Å². The number of hydrogen-bond acceptors (Lipinski definition) is 4. The average molecular weight is 277 g/mol. The summed E-state index contributed by atoms with van der Waals surface area (Å²) in [5.41, 5.74) is 1.77. The molecule has 0 aliphatic heterocycles. The SMILES string of the molecule is CCOC(=O)[C@](O)(c1ccc(N)c(C)c1)C(F)(F)F. The summed E-state index contributed by atoms with van der Waals surface area (Å²) in [6.45, 7) is 2.55. The standard InChI is InChI=1S/C12H14F3NO3/c1-3-19-10(17)11(18,12(13,14)15)8-4-5-9(16)7(2)6-8/h4-6,18H,3,16H2,1-2H3/t11-/m1/s1. The van der Waals surface area contributed by atoms with E-state index in [1.807, 2.05) is 0 Å². The van der Waals surface area contributed by atoms with E-state index in [1.54, 1.807) is 0 Å². The Bertz CT molecular complexity index is 488. The Kier molecular flexibility index (Phi) is 4.09. The second-order valence-corrected chi connectivity index (χ2v) is 4.00. The number of nitrogens with two attached hydrogens (primary N) is 1. The Morgan fingerprint density at radius 1 is 1.42 bits per heavy atom. The maximum Gasteiger partial charge on any atom is 0.432 e. The number of alkyl halides is 3. The van der Waals surface area contributed by atoms with Crippen molar-refractivity contribution in [3.05, 3.63) is 29.3 Å². The fourth-order valence-electron chi connectivity index (χ4n) is 1.53. The first-order valence-electron chi connectivity index (χ1n) is 5.47. The van der Waals surface area contributed by atoms with Crippen LogP contribution in [0.4, 0.5) is 18.9 Å². The molecule has 0 aromatic heterocycles.